The van der Waals surface area contributed by atoms with Gasteiger partial charge < -0.3 is 10.1 Å². The minimum Gasteiger partial charge on any atom is -0.377 e. The molecule has 1 aromatic rings. The highest BCUT2D eigenvalue weighted by Crippen LogP contribution is 2.60. The standard InChI is InChI=1S/C17H23N3O2/c1-11-5-4-6-13(18-11)19-16(21)20-14-12-7-10-22-15(12)17(14)8-2-3-9-17/h4-6,12,14-15H,2-3,7-10H2,1H3,(H2,18,19,20,21)/t12-,14-,15+/m1/s1. The number of hydrogen-bond acceptors (Lipinski definition) is 3. The maximum Gasteiger partial charge on any atom is 0.320 e. The third-order valence-corrected chi connectivity index (χ3v) is 5.70. The summed E-state index contributed by atoms with van der Waals surface area (Å²) in [5.74, 6) is 1.10. The lowest BCUT2D eigenvalue weighted by atomic mass is 9.54. The Morgan fingerprint density at radius 1 is 1.36 bits per heavy atom. The second-order valence-electron chi connectivity index (χ2n) is 6.92. The van der Waals surface area contributed by atoms with Gasteiger partial charge in [0.25, 0.3) is 0 Å². The van der Waals surface area contributed by atoms with E-state index in [1.54, 1.807) is 0 Å². The van der Waals surface area contributed by atoms with Gasteiger partial charge in [-0.2, -0.15) is 0 Å². The molecular formula is C17H23N3O2. The summed E-state index contributed by atoms with van der Waals surface area (Å²) in [5, 5.41) is 6.08. The Hall–Kier alpha value is -1.62. The Kier molecular flexibility index (Phi) is 3.33. The van der Waals surface area contributed by atoms with Gasteiger partial charge in [0.2, 0.25) is 0 Å². The van der Waals surface area contributed by atoms with Crippen LogP contribution in [-0.2, 0) is 4.74 Å². The van der Waals surface area contributed by atoms with Gasteiger partial charge in [-0.15, -0.1) is 0 Å². The molecule has 5 heteroatoms. The van der Waals surface area contributed by atoms with Gasteiger partial charge in [-0.3, -0.25) is 5.32 Å². The molecule has 0 radical (unpaired) electrons. The van der Waals surface area contributed by atoms with Crippen molar-refractivity contribution in [1.82, 2.24) is 10.3 Å². The van der Waals surface area contributed by atoms with Crippen molar-refractivity contribution in [2.75, 3.05) is 11.9 Å². The van der Waals surface area contributed by atoms with Crippen molar-refractivity contribution < 1.29 is 9.53 Å². The first kappa shape index (κ1) is 14.0. The number of nitrogens with one attached hydrogen (secondary N) is 2. The number of aromatic nitrogens is 1. The molecule has 2 aliphatic carbocycles. The predicted octanol–water partition coefficient (Wildman–Crippen LogP) is 2.86. The molecule has 1 aromatic heterocycles. The van der Waals surface area contributed by atoms with E-state index in [9.17, 15) is 4.79 Å². The average Bonchev–Trinajstić information content (AvgIpc) is 3.13. The van der Waals surface area contributed by atoms with E-state index in [4.69, 9.17) is 4.74 Å². The molecule has 4 rings (SSSR count). The smallest absolute Gasteiger partial charge is 0.320 e. The number of amides is 2. The first-order valence-corrected chi connectivity index (χ1v) is 8.32. The van der Waals surface area contributed by atoms with E-state index >= 15 is 0 Å². The fraction of sp³-hybridized carbons (Fsp3) is 0.647. The summed E-state index contributed by atoms with van der Waals surface area (Å²) < 4.78 is 5.95. The van der Waals surface area contributed by atoms with Gasteiger partial charge in [-0.1, -0.05) is 18.9 Å². The van der Waals surface area contributed by atoms with Crippen molar-refractivity contribution in [1.29, 1.82) is 0 Å². The molecule has 1 saturated heterocycles. The number of hydrogen-bond donors (Lipinski definition) is 2. The summed E-state index contributed by atoms with van der Waals surface area (Å²) in [5.41, 5.74) is 1.09. The zero-order valence-corrected chi connectivity index (χ0v) is 13.0. The van der Waals surface area contributed by atoms with Gasteiger partial charge in [0, 0.05) is 29.7 Å². The number of carbonyl (C=O) groups is 1. The van der Waals surface area contributed by atoms with Gasteiger partial charge in [0.05, 0.1) is 6.10 Å². The van der Waals surface area contributed by atoms with Crippen LogP contribution in [-0.4, -0.2) is 29.8 Å². The van der Waals surface area contributed by atoms with Crippen molar-refractivity contribution in [2.24, 2.45) is 11.3 Å². The minimum absolute atomic E-state index is 0.139. The zero-order chi connectivity index (χ0) is 15.2. The van der Waals surface area contributed by atoms with Gasteiger partial charge in [0.15, 0.2) is 0 Å². The molecule has 5 nitrogen and oxygen atoms in total. The quantitative estimate of drug-likeness (QED) is 0.883. The van der Waals surface area contributed by atoms with Crippen LogP contribution in [0.25, 0.3) is 0 Å². The van der Waals surface area contributed by atoms with Crippen LogP contribution >= 0.6 is 0 Å². The third-order valence-electron chi connectivity index (χ3n) is 5.70. The van der Waals surface area contributed by atoms with Crippen molar-refractivity contribution in [2.45, 2.75) is 51.2 Å². The third kappa shape index (κ3) is 2.10. The zero-order valence-electron chi connectivity index (χ0n) is 13.0. The van der Waals surface area contributed by atoms with E-state index in [1.807, 2.05) is 25.1 Å². The molecule has 1 aliphatic heterocycles. The molecule has 2 N–H and O–H groups in total. The predicted molar refractivity (Wildman–Crippen MR) is 83.7 cm³/mol. The Balaban J connectivity index is 1.45. The van der Waals surface area contributed by atoms with Crippen molar-refractivity contribution >= 4 is 11.8 Å². The van der Waals surface area contributed by atoms with Crippen LogP contribution in [0.15, 0.2) is 18.2 Å². The molecule has 2 amide bonds. The number of carbonyl (C=O) groups excluding carboxylic acids is 1. The molecule has 22 heavy (non-hydrogen) atoms. The van der Waals surface area contributed by atoms with E-state index < -0.39 is 0 Å². The number of urea groups is 1. The van der Waals surface area contributed by atoms with Crippen LogP contribution in [0, 0.1) is 18.3 Å². The summed E-state index contributed by atoms with van der Waals surface area (Å²) in [6.07, 6.45) is 6.32. The first-order chi connectivity index (χ1) is 10.7. The lowest BCUT2D eigenvalue weighted by Gasteiger charge is -2.56. The second kappa shape index (κ2) is 5.23. The number of fused-ring (bicyclic) bond motifs is 2. The number of ether oxygens (including phenoxy) is 1. The van der Waals surface area contributed by atoms with Crippen LogP contribution in [0.1, 0.15) is 37.8 Å². The normalized spacial score (nSPS) is 31.6. The molecular weight excluding hydrogens is 278 g/mol. The Labute approximate surface area is 130 Å². The molecule has 3 aliphatic rings. The molecule has 0 bridgehead atoms. The highest BCUT2D eigenvalue weighted by Gasteiger charge is 2.65. The van der Waals surface area contributed by atoms with Crippen LogP contribution in [0.5, 0.6) is 0 Å². The van der Waals surface area contributed by atoms with Gasteiger partial charge in [-0.25, -0.2) is 9.78 Å². The van der Waals surface area contributed by atoms with E-state index in [0.29, 0.717) is 17.8 Å². The highest BCUT2D eigenvalue weighted by atomic mass is 16.5. The molecule has 1 spiro atoms. The Morgan fingerprint density at radius 2 is 2.18 bits per heavy atom. The summed E-state index contributed by atoms with van der Waals surface area (Å²) in [4.78, 5) is 16.7. The molecule has 118 valence electrons. The fourth-order valence-electron chi connectivity index (χ4n) is 4.81. The Morgan fingerprint density at radius 3 is 2.95 bits per heavy atom. The summed E-state index contributed by atoms with van der Waals surface area (Å²) in [7, 11) is 0. The summed E-state index contributed by atoms with van der Waals surface area (Å²) in [6.45, 7) is 2.76. The maximum atomic E-state index is 12.4. The SMILES string of the molecule is Cc1cccc(NC(=O)N[C@@H]2[C@H]3CCO[C@@H]3C23CCCC3)n1. The van der Waals surface area contributed by atoms with Crippen molar-refractivity contribution in [3.63, 3.8) is 0 Å². The van der Waals surface area contributed by atoms with E-state index in [-0.39, 0.29) is 17.5 Å². The fourth-order valence-corrected chi connectivity index (χ4v) is 4.81. The van der Waals surface area contributed by atoms with Crippen LogP contribution in [0.2, 0.25) is 0 Å². The molecule has 0 unspecified atom stereocenters. The molecule has 3 fully saturated rings. The number of nitrogens with zero attached hydrogens (tertiary/aromatic N) is 1. The maximum absolute atomic E-state index is 12.4. The number of rotatable bonds is 2. The molecule has 3 atom stereocenters. The van der Waals surface area contributed by atoms with Crippen molar-refractivity contribution in [3.8, 4) is 0 Å². The number of pyridine rings is 1. The van der Waals surface area contributed by atoms with Crippen LogP contribution < -0.4 is 10.6 Å². The van der Waals surface area contributed by atoms with E-state index in [0.717, 1.165) is 18.7 Å². The number of aryl methyl sites for hydroxylation is 1. The lowest BCUT2D eigenvalue weighted by molar-refractivity contribution is -0.125. The summed E-state index contributed by atoms with van der Waals surface area (Å²) in [6, 6.07) is 5.76. The molecule has 0 aromatic carbocycles. The highest BCUT2D eigenvalue weighted by molar-refractivity contribution is 5.88. The number of anilines is 1. The molecule has 2 saturated carbocycles. The van der Waals surface area contributed by atoms with Gasteiger partial charge in [0.1, 0.15) is 5.82 Å². The average molecular weight is 301 g/mol. The van der Waals surface area contributed by atoms with E-state index in [2.05, 4.69) is 15.6 Å². The van der Waals surface area contributed by atoms with Gasteiger partial charge in [-0.05, 0) is 38.3 Å². The van der Waals surface area contributed by atoms with Crippen molar-refractivity contribution in [3.05, 3.63) is 23.9 Å². The second-order valence-corrected chi connectivity index (χ2v) is 6.92. The minimum atomic E-state index is -0.139. The largest absolute Gasteiger partial charge is 0.377 e. The van der Waals surface area contributed by atoms with Gasteiger partial charge >= 0.3 is 6.03 Å². The van der Waals surface area contributed by atoms with Crippen LogP contribution in [0.3, 0.4) is 0 Å². The lowest BCUT2D eigenvalue weighted by Crippen LogP contribution is -2.68. The summed E-state index contributed by atoms with van der Waals surface area (Å²) >= 11 is 0. The Bertz CT molecular complexity index is 583. The monoisotopic (exact) mass is 301 g/mol. The van der Waals surface area contributed by atoms with E-state index in [1.165, 1.54) is 25.7 Å². The molecule has 2 heterocycles. The first-order valence-electron chi connectivity index (χ1n) is 8.32. The van der Waals surface area contributed by atoms with Crippen LogP contribution in [0.4, 0.5) is 10.6 Å². The topological polar surface area (TPSA) is 63.2 Å².